The fraction of sp³-hybridized carbons (Fsp3) is 0.467. The summed E-state index contributed by atoms with van der Waals surface area (Å²) in [5.74, 6) is 0. The lowest BCUT2D eigenvalue weighted by Crippen LogP contribution is -2.31. The Balaban J connectivity index is 2.59. The van der Waals surface area contributed by atoms with Gasteiger partial charge in [-0.3, -0.25) is 0 Å². The summed E-state index contributed by atoms with van der Waals surface area (Å²) in [5, 5.41) is 3.55. The van der Waals surface area contributed by atoms with Gasteiger partial charge in [0.05, 0.1) is 0 Å². The van der Waals surface area contributed by atoms with E-state index in [4.69, 9.17) is 0 Å². The minimum atomic E-state index is 0.537. The van der Waals surface area contributed by atoms with Crippen LogP contribution in [0.4, 0.5) is 0 Å². The van der Waals surface area contributed by atoms with Gasteiger partial charge in [-0.25, -0.2) is 0 Å². The van der Waals surface area contributed by atoms with Crippen molar-refractivity contribution in [3.05, 3.63) is 46.5 Å². The molecule has 0 saturated carbocycles. The van der Waals surface area contributed by atoms with E-state index in [1.807, 2.05) is 0 Å². The minimum absolute atomic E-state index is 0.537. The standard InChI is InChI=1S/C15H22BrN/c1-4-17-14(10-9-12(2)3)11-13-7-5-6-8-15(13)16/h5-8,14,17H,2,4,9-11H2,1,3H3. The molecule has 17 heavy (non-hydrogen) atoms. The fourth-order valence-electron chi connectivity index (χ4n) is 1.91. The topological polar surface area (TPSA) is 12.0 Å². The van der Waals surface area contributed by atoms with Crippen LogP contribution in [0, 0.1) is 0 Å². The summed E-state index contributed by atoms with van der Waals surface area (Å²) in [6.07, 6.45) is 3.33. The molecule has 0 saturated heterocycles. The molecule has 0 aliphatic rings. The highest BCUT2D eigenvalue weighted by Gasteiger charge is 2.10. The molecule has 0 aromatic heterocycles. The molecule has 1 unspecified atom stereocenters. The molecule has 0 aliphatic heterocycles. The van der Waals surface area contributed by atoms with Gasteiger partial charge in [0.15, 0.2) is 0 Å². The summed E-state index contributed by atoms with van der Waals surface area (Å²) < 4.78 is 1.21. The molecule has 1 N–H and O–H groups in total. The van der Waals surface area contributed by atoms with Crippen molar-refractivity contribution in [2.24, 2.45) is 0 Å². The molecule has 2 heteroatoms. The average Bonchev–Trinajstić information content (AvgIpc) is 2.29. The monoisotopic (exact) mass is 295 g/mol. The van der Waals surface area contributed by atoms with Gasteiger partial charge in [0.1, 0.15) is 0 Å². The average molecular weight is 296 g/mol. The Kier molecular flexibility index (Phi) is 6.53. The van der Waals surface area contributed by atoms with Crippen LogP contribution in [-0.2, 0) is 6.42 Å². The molecule has 1 atom stereocenters. The summed E-state index contributed by atoms with van der Waals surface area (Å²) in [6, 6.07) is 8.99. The van der Waals surface area contributed by atoms with Crippen molar-refractivity contribution in [3.8, 4) is 0 Å². The van der Waals surface area contributed by atoms with Gasteiger partial charge in [0, 0.05) is 10.5 Å². The zero-order valence-electron chi connectivity index (χ0n) is 10.8. The molecule has 1 nitrogen and oxygen atoms in total. The van der Waals surface area contributed by atoms with Crippen LogP contribution in [0.15, 0.2) is 40.9 Å². The lowest BCUT2D eigenvalue weighted by Gasteiger charge is -2.18. The van der Waals surface area contributed by atoms with Crippen molar-refractivity contribution in [1.82, 2.24) is 5.32 Å². The van der Waals surface area contributed by atoms with Gasteiger partial charge >= 0.3 is 0 Å². The first kappa shape index (κ1) is 14.5. The molecule has 0 spiro atoms. The molecule has 0 amide bonds. The molecule has 0 heterocycles. The van der Waals surface area contributed by atoms with Crippen LogP contribution >= 0.6 is 15.9 Å². The second-order valence-corrected chi connectivity index (χ2v) is 5.40. The maximum Gasteiger partial charge on any atom is 0.0207 e. The highest BCUT2D eigenvalue weighted by molar-refractivity contribution is 9.10. The van der Waals surface area contributed by atoms with Gasteiger partial charge in [0.25, 0.3) is 0 Å². The number of nitrogens with one attached hydrogen (secondary N) is 1. The number of likely N-dealkylation sites (N-methyl/N-ethyl adjacent to an activating group) is 1. The van der Waals surface area contributed by atoms with E-state index in [1.54, 1.807) is 0 Å². The van der Waals surface area contributed by atoms with Gasteiger partial charge in [-0.1, -0.05) is 46.6 Å². The molecule has 0 aliphatic carbocycles. The van der Waals surface area contributed by atoms with E-state index >= 15 is 0 Å². The molecule has 0 bridgehead atoms. The van der Waals surface area contributed by atoms with E-state index in [0.717, 1.165) is 25.8 Å². The van der Waals surface area contributed by atoms with Crippen molar-refractivity contribution in [2.75, 3.05) is 6.54 Å². The zero-order chi connectivity index (χ0) is 12.7. The zero-order valence-corrected chi connectivity index (χ0v) is 12.4. The van der Waals surface area contributed by atoms with Gasteiger partial charge in [0.2, 0.25) is 0 Å². The number of benzene rings is 1. The van der Waals surface area contributed by atoms with Crippen molar-refractivity contribution >= 4 is 15.9 Å². The molecular formula is C15H22BrN. The van der Waals surface area contributed by atoms with Crippen molar-refractivity contribution in [1.29, 1.82) is 0 Å². The number of halogens is 1. The summed E-state index contributed by atoms with van der Waals surface area (Å²) in [4.78, 5) is 0. The summed E-state index contributed by atoms with van der Waals surface area (Å²) in [5.41, 5.74) is 2.64. The summed E-state index contributed by atoms with van der Waals surface area (Å²) in [7, 11) is 0. The largest absolute Gasteiger partial charge is 0.314 e. The van der Waals surface area contributed by atoms with E-state index in [2.05, 4.69) is 65.9 Å². The quantitative estimate of drug-likeness (QED) is 0.739. The normalized spacial score (nSPS) is 12.4. The van der Waals surface area contributed by atoms with Crippen LogP contribution < -0.4 is 5.32 Å². The first-order valence-electron chi connectivity index (χ1n) is 6.24. The Hall–Kier alpha value is -0.600. The molecule has 1 aromatic rings. The molecule has 94 valence electrons. The second kappa shape index (κ2) is 7.67. The summed E-state index contributed by atoms with van der Waals surface area (Å²) >= 11 is 3.61. The molecular weight excluding hydrogens is 274 g/mol. The number of hydrogen-bond acceptors (Lipinski definition) is 1. The highest BCUT2D eigenvalue weighted by atomic mass is 79.9. The number of allylic oxidation sites excluding steroid dienone is 1. The third-order valence-corrected chi connectivity index (χ3v) is 3.61. The SMILES string of the molecule is C=C(C)CCC(Cc1ccccc1Br)NCC. The van der Waals surface area contributed by atoms with E-state index in [1.165, 1.54) is 15.6 Å². The smallest absolute Gasteiger partial charge is 0.0207 e. The van der Waals surface area contributed by atoms with Crippen LogP contribution in [0.25, 0.3) is 0 Å². The van der Waals surface area contributed by atoms with E-state index in [9.17, 15) is 0 Å². The van der Waals surface area contributed by atoms with E-state index in [-0.39, 0.29) is 0 Å². The summed E-state index contributed by atoms with van der Waals surface area (Å²) in [6.45, 7) is 9.25. The number of rotatable bonds is 7. The van der Waals surface area contributed by atoms with Crippen LogP contribution in [0.2, 0.25) is 0 Å². The third kappa shape index (κ3) is 5.51. The van der Waals surface area contributed by atoms with Gasteiger partial charge in [-0.15, -0.1) is 6.58 Å². The Morgan fingerprint density at radius 1 is 1.41 bits per heavy atom. The Bertz CT molecular complexity index is 360. The lowest BCUT2D eigenvalue weighted by atomic mass is 10.00. The van der Waals surface area contributed by atoms with Crippen molar-refractivity contribution < 1.29 is 0 Å². The van der Waals surface area contributed by atoms with Gasteiger partial charge in [-0.05, 0) is 44.4 Å². The van der Waals surface area contributed by atoms with Crippen molar-refractivity contribution in [2.45, 2.75) is 39.2 Å². The maximum atomic E-state index is 3.97. The van der Waals surface area contributed by atoms with E-state index in [0.29, 0.717) is 6.04 Å². The van der Waals surface area contributed by atoms with E-state index < -0.39 is 0 Å². The minimum Gasteiger partial charge on any atom is -0.314 e. The third-order valence-electron chi connectivity index (χ3n) is 2.84. The molecule has 0 radical (unpaired) electrons. The Morgan fingerprint density at radius 3 is 2.71 bits per heavy atom. The van der Waals surface area contributed by atoms with Crippen LogP contribution in [-0.4, -0.2) is 12.6 Å². The van der Waals surface area contributed by atoms with Gasteiger partial charge < -0.3 is 5.32 Å². The Morgan fingerprint density at radius 2 is 2.12 bits per heavy atom. The van der Waals surface area contributed by atoms with Crippen LogP contribution in [0.1, 0.15) is 32.3 Å². The molecule has 1 rings (SSSR count). The molecule has 0 fully saturated rings. The second-order valence-electron chi connectivity index (χ2n) is 4.55. The maximum absolute atomic E-state index is 3.97. The predicted molar refractivity (Wildman–Crippen MR) is 79.4 cm³/mol. The lowest BCUT2D eigenvalue weighted by molar-refractivity contribution is 0.490. The first-order valence-corrected chi connectivity index (χ1v) is 7.04. The van der Waals surface area contributed by atoms with Crippen LogP contribution in [0.3, 0.4) is 0 Å². The Labute approximate surface area is 113 Å². The fourth-order valence-corrected chi connectivity index (χ4v) is 2.36. The van der Waals surface area contributed by atoms with Gasteiger partial charge in [-0.2, -0.15) is 0 Å². The molecule has 1 aromatic carbocycles. The first-order chi connectivity index (χ1) is 8.13. The number of hydrogen-bond donors (Lipinski definition) is 1. The van der Waals surface area contributed by atoms with Crippen LogP contribution in [0.5, 0.6) is 0 Å². The highest BCUT2D eigenvalue weighted by Crippen LogP contribution is 2.19. The van der Waals surface area contributed by atoms with Crippen molar-refractivity contribution in [3.63, 3.8) is 0 Å². The predicted octanol–water partition coefficient (Wildman–Crippen LogP) is 4.33.